The summed E-state index contributed by atoms with van der Waals surface area (Å²) >= 11 is 7.29. The summed E-state index contributed by atoms with van der Waals surface area (Å²) in [4.78, 5) is 12.5. The number of hydrogen-bond acceptors (Lipinski definition) is 2. The Morgan fingerprint density at radius 1 is 1.73 bits per heavy atom. The molecule has 0 aromatic carbocycles. The Balaban J connectivity index is 2.52. The molecule has 58 valence electrons. The van der Waals surface area contributed by atoms with Gasteiger partial charge in [0.15, 0.2) is 5.78 Å². The van der Waals surface area contributed by atoms with Gasteiger partial charge in [0.2, 0.25) is 0 Å². The summed E-state index contributed by atoms with van der Waals surface area (Å²) in [7, 11) is 0. The maximum atomic E-state index is 11.4. The number of Topliss-reactive ketones (excluding diaryl/α,β-unsaturated/α-hetero) is 1. The number of thiophene rings is 1. The van der Waals surface area contributed by atoms with E-state index in [1.807, 2.05) is 6.92 Å². The molecule has 1 aliphatic rings. The number of ketones is 1. The van der Waals surface area contributed by atoms with E-state index in [-0.39, 0.29) is 11.7 Å². The topological polar surface area (TPSA) is 17.1 Å². The molecule has 1 heterocycles. The van der Waals surface area contributed by atoms with E-state index in [1.54, 1.807) is 6.07 Å². The van der Waals surface area contributed by atoms with Crippen LogP contribution in [0.2, 0.25) is 4.34 Å². The van der Waals surface area contributed by atoms with Gasteiger partial charge in [-0.1, -0.05) is 18.5 Å². The number of hydrogen-bond donors (Lipinski definition) is 0. The first-order valence-electron chi connectivity index (χ1n) is 3.51. The second-order valence-corrected chi connectivity index (χ2v) is 4.62. The van der Waals surface area contributed by atoms with Gasteiger partial charge >= 0.3 is 0 Å². The number of carbonyl (C=O) groups excluding carboxylic acids is 1. The highest BCUT2D eigenvalue weighted by atomic mass is 35.5. The van der Waals surface area contributed by atoms with Crippen molar-refractivity contribution in [1.29, 1.82) is 0 Å². The smallest absolute Gasteiger partial charge is 0.167 e. The van der Waals surface area contributed by atoms with Crippen LogP contribution in [0.25, 0.3) is 0 Å². The monoisotopic (exact) mass is 186 g/mol. The molecule has 2 rings (SSSR count). The lowest BCUT2D eigenvalue weighted by Gasteiger charge is -1.94. The number of halogens is 1. The molecule has 0 bridgehead atoms. The van der Waals surface area contributed by atoms with E-state index in [0.29, 0.717) is 0 Å². The van der Waals surface area contributed by atoms with Gasteiger partial charge in [-0.05, 0) is 12.5 Å². The molecular weight excluding hydrogens is 180 g/mol. The molecule has 0 fully saturated rings. The molecule has 1 aliphatic carbocycles. The minimum atomic E-state index is 0.175. The lowest BCUT2D eigenvalue weighted by Crippen LogP contribution is -2.02. The van der Waals surface area contributed by atoms with Crippen LogP contribution in [0.15, 0.2) is 6.07 Å². The first-order chi connectivity index (χ1) is 5.18. The van der Waals surface area contributed by atoms with Crippen molar-refractivity contribution in [1.82, 2.24) is 0 Å². The van der Waals surface area contributed by atoms with E-state index in [0.717, 1.165) is 21.2 Å². The van der Waals surface area contributed by atoms with Crippen LogP contribution >= 0.6 is 22.9 Å². The Bertz CT molecular complexity index is 316. The third kappa shape index (κ3) is 1.01. The molecule has 1 aromatic heterocycles. The zero-order valence-electron chi connectivity index (χ0n) is 6.06. The summed E-state index contributed by atoms with van der Waals surface area (Å²) in [5, 5.41) is 0. The molecule has 3 heteroatoms. The van der Waals surface area contributed by atoms with Crippen LogP contribution in [0, 0.1) is 5.92 Å². The van der Waals surface area contributed by atoms with Crippen molar-refractivity contribution in [2.45, 2.75) is 13.3 Å². The Hall–Kier alpha value is -0.340. The van der Waals surface area contributed by atoms with Crippen molar-refractivity contribution in [2.75, 3.05) is 0 Å². The van der Waals surface area contributed by atoms with Gasteiger partial charge in [-0.25, -0.2) is 0 Å². The van der Waals surface area contributed by atoms with Crippen molar-refractivity contribution in [3.05, 3.63) is 20.8 Å². The van der Waals surface area contributed by atoms with Crippen molar-refractivity contribution in [3.8, 4) is 0 Å². The molecule has 1 unspecified atom stereocenters. The molecule has 1 aromatic rings. The van der Waals surface area contributed by atoms with Gasteiger partial charge in [-0.15, -0.1) is 11.3 Å². The fourth-order valence-electron chi connectivity index (χ4n) is 1.39. The van der Waals surface area contributed by atoms with Gasteiger partial charge in [0.25, 0.3) is 0 Å². The van der Waals surface area contributed by atoms with Crippen LogP contribution in [0.4, 0.5) is 0 Å². The predicted octanol–water partition coefficient (Wildman–Crippen LogP) is 2.78. The summed E-state index contributed by atoms with van der Waals surface area (Å²) < 4.78 is 0.732. The van der Waals surface area contributed by atoms with Crippen molar-refractivity contribution >= 4 is 28.7 Å². The third-order valence-electron chi connectivity index (χ3n) is 1.98. The van der Waals surface area contributed by atoms with E-state index in [2.05, 4.69) is 0 Å². The maximum absolute atomic E-state index is 11.4. The van der Waals surface area contributed by atoms with Gasteiger partial charge in [0, 0.05) is 16.4 Å². The molecular formula is C8H7ClOS. The molecule has 0 spiro atoms. The van der Waals surface area contributed by atoms with Crippen LogP contribution in [0.3, 0.4) is 0 Å². The highest BCUT2D eigenvalue weighted by Gasteiger charge is 2.28. The molecule has 0 radical (unpaired) electrons. The molecule has 0 saturated carbocycles. The molecule has 0 aliphatic heterocycles. The molecule has 0 saturated heterocycles. The molecule has 11 heavy (non-hydrogen) atoms. The molecule has 0 amide bonds. The lowest BCUT2D eigenvalue weighted by atomic mass is 10.1. The normalized spacial score (nSPS) is 22.4. The van der Waals surface area contributed by atoms with Crippen LogP contribution in [0.5, 0.6) is 0 Å². The van der Waals surface area contributed by atoms with Gasteiger partial charge < -0.3 is 0 Å². The SMILES string of the molecule is CC1Cc2sc(Cl)cc2C1=O. The highest BCUT2D eigenvalue weighted by Crippen LogP contribution is 2.35. The highest BCUT2D eigenvalue weighted by molar-refractivity contribution is 7.16. The average molecular weight is 187 g/mol. The quantitative estimate of drug-likeness (QED) is 0.609. The zero-order chi connectivity index (χ0) is 8.01. The minimum absolute atomic E-state index is 0.175. The Morgan fingerprint density at radius 3 is 3.09 bits per heavy atom. The first kappa shape index (κ1) is 7.32. The number of carbonyl (C=O) groups is 1. The fraction of sp³-hybridized carbons (Fsp3) is 0.375. The summed E-state index contributed by atoms with van der Waals surface area (Å²) in [5.74, 6) is 0.427. The first-order valence-corrected chi connectivity index (χ1v) is 4.70. The van der Waals surface area contributed by atoms with Crippen LogP contribution in [-0.4, -0.2) is 5.78 Å². The van der Waals surface area contributed by atoms with Crippen LogP contribution < -0.4 is 0 Å². The van der Waals surface area contributed by atoms with Gasteiger partial charge in [-0.2, -0.15) is 0 Å². The fourth-order valence-corrected chi connectivity index (χ4v) is 2.80. The van der Waals surface area contributed by atoms with Crippen LogP contribution in [-0.2, 0) is 6.42 Å². The molecule has 0 N–H and O–H groups in total. The summed E-state index contributed by atoms with van der Waals surface area (Å²) in [6, 6.07) is 1.79. The molecule has 1 nitrogen and oxygen atoms in total. The predicted molar refractivity (Wildman–Crippen MR) is 46.5 cm³/mol. The van der Waals surface area contributed by atoms with Gasteiger partial charge in [0.1, 0.15) is 0 Å². The summed E-state index contributed by atoms with van der Waals surface area (Å²) in [6.45, 7) is 1.96. The Morgan fingerprint density at radius 2 is 2.45 bits per heavy atom. The van der Waals surface area contributed by atoms with Gasteiger partial charge in [0.05, 0.1) is 4.34 Å². The second kappa shape index (κ2) is 2.32. The van der Waals surface area contributed by atoms with E-state index >= 15 is 0 Å². The summed E-state index contributed by atoms with van der Waals surface area (Å²) in [5.41, 5.74) is 0.854. The number of rotatable bonds is 0. The third-order valence-corrected chi connectivity index (χ3v) is 3.27. The zero-order valence-corrected chi connectivity index (χ0v) is 7.63. The van der Waals surface area contributed by atoms with E-state index in [9.17, 15) is 4.79 Å². The van der Waals surface area contributed by atoms with Gasteiger partial charge in [-0.3, -0.25) is 4.79 Å². The largest absolute Gasteiger partial charge is 0.294 e. The van der Waals surface area contributed by atoms with Crippen molar-refractivity contribution < 1.29 is 4.79 Å². The standard InChI is InChI=1S/C8H7ClOS/c1-4-2-6-5(8(4)10)3-7(9)11-6/h3-4H,2H2,1H3. The average Bonchev–Trinajstić information content (AvgIpc) is 2.37. The van der Waals surface area contributed by atoms with Crippen molar-refractivity contribution in [3.63, 3.8) is 0 Å². The van der Waals surface area contributed by atoms with E-state index in [1.165, 1.54) is 11.3 Å². The Kier molecular flexibility index (Phi) is 1.55. The Labute approximate surface area is 74.0 Å². The van der Waals surface area contributed by atoms with Crippen molar-refractivity contribution in [2.24, 2.45) is 5.92 Å². The second-order valence-electron chi connectivity index (χ2n) is 2.86. The summed E-state index contributed by atoms with van der Waals surface area (Å²) in [6.07, 6.45) is 0.881. The number of fused-ring (bicyclic) bond motifs is 1. The van der Waals surface area contributed by atoms with E-state index < -0.39 is 0 Å². The van der Waals surface area contributed by atoms with Crippen LogP contribution in [0.1, 0.15) is 22.2 Å². The van der Waals surface area contributed by atoms with E-state index in [4.69, 9.17) is 11.6 Å². The lowest BCUT2D eigenvalue weighted by molar-refractivity contribution is 0.0946. The minimum Gasteiger partial charge on any atom is -0.294 e. The molecule has 1 atom stereocenters. The maximum Gasteiger partial charge on any atom is 0.167 e.